The van der Waals surface area contributed by atoms with Gasteiger partial charge in [0, 0.05) is 12.6 Å². The highest BCUT2D eigenvalue weighted by atomic mass is 16.5. The highest BCUT2D eigenvalue weighted by Crippen LogP contribution is 2.19. The van der Waals surface area contributed by atoms with Crippen molar-refractivity contribution in [2.45, 2.75) is 27.3 Å². The third-order valence-electron chi connectivity index (χ3n) is 2.41. The maximum Gasteiger partial charge on any atom is 0.253 e. The molecule has 0 spiro atoms. The van der Waals surface area contributed by atoms with Crippen LogP contribution in [0.5, 0.6) is 0 Å². The van der Waals surface area contributed by atoms with Gasteiger partial charge in [-0.25, -0.2) is 0 Å². The van der Waals surface area contributed by atoms with Crippen molar-refractivity contribution in [1.29, 1.82) is 0 Å². The van der Waals surface area contributed by atoms with Crippen LogP contribution in [0.4, 0.5) is 0 Å². The van der Waals surface area contributed by atoms with E-state index in [0.29, 0.717) is 12.3 Å². The summed E-state index contributed by atoms with van der Waals surface area (Å²) in [5.41, 5.74) is 2.30. The van der Waals surface area contributed by atoms with Crippen LogP contribution in [0, 0.1) is 13.8 Å². The number of hydrogen-bond donors (Lipinski definition) is 0. The third kappa shape index (κ3) is 1.07. The zero-order valence-corrected chi connectivity index (χ0v) is 8.50. The maximum absolute atomic E-state index is 11.6. The number of aromatic nitrogens is 2. The van der Waals surface area contributed by atoms with E-state index < -0.39 is 0 Å². The van der Waals surface area contributed by atoms with Crippen molar-refractivity contribution in [3.05, 3.63) is 27.7 Å². The van der Waals surface area contributed by atoms with Gasteiger partial charge < -0.3 is 4.52 Å². The molecule has 0 saturated heterocycles. The molecule has 4 heteroatoms. The topological polar surface area (TPSA) is 48.0 Å². The lowest BCUT2D eigenvalue weighted by molar-refractivity contribution is 0.427. The molecular weight excluding hydrogens is 180 g/mol. The summed E-state index contributed by atoms with van der Waals surface area (Å²) in [7, 11) is 0. The number of pyridine rings is 1. The molecule has 0 saturated carbocycles. The molecule has 14 heavy (non-hydrogen) atoms. The van der Waals surface area contributed by atoms with E-state index in [-0.39, 0.29) is 5.56 Å². The lowest BCUT2D eigenvalue weighted by Crippen LogP contribution is -2.18. The molecule has 74 valence electrons. The second-order valence-electron chi connectivity index (χ2n) is 3.36. The summed E-state index contributed by atoms with van der Waals surface area (Å²) < 4.78 is 6.73. The van der Waals surface area contributed by atoms with Gasteiger partial charge in [0.25, 0.3) is 5.56 Å². The first kappa shape index (κ1) is 8.99. The van der Waals surface area contributed by atoms with Gasteiger partial charge in [-0.05, 0) is 26.3 Å². The summed E-state index contributed by atoms with van der Waals surface area (Å²) >= 11 is 0. The van der Waals surface area contributed by atoms with Crippen LogP contribution in [0.3, 0.4) is 0 Å². The van der Waals surface area contributed by atoms with Crippen LogP contribution in [0.2, 0.25) is 0 Å². The van der Waals surface area contributed by atoms with E-state index in [1.54, 1.807) is 10.6 Å². The monoisotopic (exact) mass is 192 g/mol. The minimum Gasteiger partial charge on any atom is -0.337 e. The summed E-state index contributed by atoms with van der Waals surface area (Å²) in [6, 6.07) is 1.62. The summed E-state index contributed by atoms with van der Waals surface area (Å²) in [6.07, 6.45) is 0. The molecule has 2 rings (SSSR count). The average molecular weight is 192 g/mol. The largest absolute Gasteiger partial charge is 0.337 e. The van der Waals surface area contributed by atoms with Crippen molar-refractivity contribution in [2.24, 2.45) is 0 Å². The zero-order valence-electron chi connectivity index (χ0n) is 8.50. The minimum absolute atomic E-state index is 0.0337. The van der Waals surface area contributed by atoms with Crippen LogP contribution in [-0.2, 0) is 6.54 Å². The van der Waals surface area contributed by atoms with Crippen LogP contribution in [0.25, 0.3) is 11.1 Å². The molecule has 0 fully saturated rings. The fourth-order valence-electron chi connectivity index (χ4n) is 1.73. The van der Waals surface area contributed by atoms with Crippen molar-refractivity contribution >= 4 is 11.1 Å². The Labute approximate surface area is 81.1 Å². The highest BCUT2D eigenvalue weighted by molar-refractivity contribution is 5.79. The second-order valence-corrected chi connectivity index (χ2v) is 3.36. The van der Waals surface area contributed by atoms with Gasteiger partial charge in [-0.15, -0.1) is 0 Å². The average Bonchev–Trinajstić information content (AvgIpc) is 2.49. The molecule has 0 bridgehead atoms. The van der Waals surface area contributed by atoms with E-state index in [0.717, 1.165) is 16.6 Å². The number of fused-ring (bicyclic) bond motifs is 1. The summed E-state index contributed by atoms with van der Waals surface area (Å²) in [5, 5.41) is 4.82. The molecule has 2 aromatic rings. The van der Waals surface area contributed by atoms with Gasteiger partial charge in [0.1, 0.15) is 0 Å². The summed E-state index contributed by atoms with van der Waals surface area (Å²) in [6.45, 7) is 6.29. The van der Waals surface area contributed by atoms with Gasteiger partial charge in [-0.3, -0.25) is 9.36 Å². The maximum atomic E-state index is 11.6. The molecule has 2 aromatic heterocycles. The molecule has 4 nitrogen and oxygen atoms in total. The Morgan fingerprint density at radius 1 is 1.50 bits per heavy atom. The van der Waals surface area contributed by atoms with Gasteiger partial charge in [-0.1, -0.05) is 5.16 Å². The third-order valence-corrected chi connectivity index (χ3v) is 2.41. The van der Waals surface area contributed by atoms with Crippen LogP contribution in [-0.4, -0.2) is 9.72 Å². The van der Waals surface area contributed by atoms with Crippen LogP contribution < -0.4 is 5.56 Å². The number of nitrogens with zero attached hydrogens (tertiary/aromatic N) is 2. The fourth-order valence-corrected chi connectivity index (χ4v) is 1.73. The molecule has 0 aliphatic rings. The van der Waals surface area contributed by atoms with Crippen molar-refractivity contribution < 1.29 is 4.52 Å². The van der Waals surface area contributed by atoms with Crippen LogP contribution in [0.1, 0.15) is 18.2 Å². The number of rotatable bonds is 1. The van der Waals surface area contributed by atoms with Gasteiger partial charge in [0.05, 0.1) is 11.1 Å². The second kappa shape index (κ2) is 2.97. The molecule has 2 heterocycles. The fraction of sp³-hybridized carbons (Fsp3) is 0.400. The lowest BCUT2D eigenvalue weighted by atomic mass is 10.2. The molecule has 0 aromatic carbocycles. The quantitative estimate of drug-likeness (QED) is 0.689. The SMILES string of the molecule is CCn1c(=O)cc(C)c2c(C)noc21. The van der Waals surface area contributed by atoms with Crippen molar-refractivity contribution in [2.75, 3.05) is 0 Å². The first-order valence-electron chi connectivity index (χ1n) is 4.61. The normalized spacial score (nSPS) is 11.1. The Hall–Kier alpha value is -1.58. The smallest absolute Gasteiger partial charge is 0.253 e. The Bertz CT molecular complexity index is 537. The van der Waals surface area contributed by atoms with Crippen molar-refractivity contribution in [1.82, 2.24) is 9.72 Å². The molecule has 0 aliphatic heterocycles. The van der Waals surface area contributed by atoms with Gasteiger partial charge in [-0.2, -0.15) is 0 Å². The van der Waals surface area contributed by atoms with Crippen molar-refractivity contribution in [3.63, 3.8) is 0 Å². The van der Waals surface area contributed by atoms with Crippen molar-refractivity contribution in [3.8, 4) is 0 Å². The van der Waals surface area contributed by atoms with E-state index in [1.165, 1.54) is 0 Å². The molecule has 0 aliphatic carbocycles. The standard InChI is InChI=1S/C10H12N2O2/c1-4-12-8(13)5-6(2)9-7(3)11-14-10(9)12/h5H,4H2,1-3H3. The zero-order chi connectivity index (χ0) is 10.3. The molecule has 0 unspecified atom stereocenters. The molecule has 0 amide bonds. The number of aryl methyl sites for hydroxylation is 3. The summed E-state index contributed by atoms with van der Waals surface area (Å²) in [4.78, 5) is 11.6. The van der Waals surface area contributed by atoms with E-state index in [1.807, 2.05) is 20.8 Å². The minimum atomic E-state index is -0.0337. The lowest BCUT2D eigenvalue weighted by Gasteiger charge is -2.02. The highest BCUT2D eigenvalue weighted by Gasteiger charge is 2.12. The Kier molecular flexibility index (Phi) is 1.91. The Morgan fingerprint density at radius 3 is 2.86 bits per heavy atom. The van der Waals surface area contributed by atoms with E-state index in [4.69, 9.17) is 4.52 Å². The van der Waals surface area contributed by atoms with Crippen LogP contribution in [0.15, 0.2) is 15.4 Å². The number of hydrogen-bond acceptors (Lipinski definition) is 3. The first-order chi connectivity index (χ1) is 6.65. The molecule has 0 N–H and O–H groups in total. The van der Waals surface area contributed by atoms with Gasteiger partial charge in [0.2, 0.25) is 5.71 Å². The molecule has 0 radical (unpaired) electrons. The predicted octanol–water partition coefficient (Wildman–Crippen LogP) is 1.63. The summed E-state index contributed by atoms with van der Waals surface area (Å²) in [5.74, 6) is 0. The first-order valence-corrected chi connectivity index (χ1v) is 4.61. The van der Waals surface area contributed by atoms with E-state index in [2.05, 4.69) is 5.16 Å². The van der Waals surface area contributed by atoms with Gasteiger partial charge >= 0.3 is 0 Å². The molecular formula is C10H12N2O2. The van der Waals surface area contributed by atoms with Gasteiger partial charge in [0.15, 0.2) is 0 Å². The molecule has 0 atom stereocenters. The van der Waals surface area contributed by atoms with E-state index >= 15 is 0 Å². The Balaban J connectivity index is 3.00. The Morgan fingerprint density at radius 2 is 2.21 bits per heavy atom. The van der Waals surface area contributed by atoms with E-state index in [9.17, 15) is 4.79 Å². The predicted molar refractivity (Wildman–Crippen MR) is 53.4 cm³/mol. The van der Waals surface area contributed by atoms with Crippen LogP contribution >= 0.6 is 0 Å².